The topological polar surface area (TPSA) is 85.1 Å². The third-order valence-corrected chi connectivity index (χ3v) is 6.10. The van der Waals surface area contributed by atoms with Gasteiger partial charge in [-0.2, -0.15) is 0 Å². The second kappa shape index (κ2) is 8.17. The zero-order valence-corrected chi connectivity index (χ0v) is 17.1. The van der Waals surface area contributed by atoms with E-state index in [2.05, 4.69) is 11.8 Å². The van der Waals surface area contributed by atoms with Crippen LogP contribution in [0.4, 0.5) is 0 Å². The molecule has 0 unspecified atom stereocenters. The zero-order valence-electron chi connectivity index (χ0n) is 16.3. The highest BCUT2D eigenvalue weighted by atomic mass is 32.1. The van der Waals surface area contributed by atoms with Crippen molar-refractivity contribution >= 4 is 28.1 Å². The third kappa shape index (κ3) is 3.87. The summed E-state index contributed by atoms with van der Waals surface area (Å²) in [6.45, 7) is 0. The fourth-order valence-corrected chi connectivity index (χ4v) is 4.73. The summed E-state index contributed by atoms with van der Waals surface area (Å²) < 4.78 is 6.32. The van der Waals surface area contributed by atoms with Gasteiger partial charge in [-0.05, 0) is 54.4 Å². The smallest absolute Gasteiger partial charge is 0.357 e. The number of rotatable bonds is 5. The summed E-state index contributed by atoms with van der Waals surface area (Å²) in [5.74, 6) is 4.80. The van der Waals surface area contributed by atoms with Gasteiger partial charge in [0.15, 0.2) is 5.69 Å². The van der Waals surface area contributed by atoms with Gasteiger partial charge in [0.05, 0.1) is 7.11 Å². The summed E-state index contributed by atoms with van der Waals surface area (Å²) in [6.07, 6.45) is 2.18. The summed E-state index contributed by atoms with van der Waals surface area (Å²) in [4.78, 5) is 37.7. The number of carboxylic acid groups (broad SMARTS) is 1. The number of aryl methyl sites for hydroxylation is 1. The van der Waals surface area contributed by atoms with Crippen molar-refractivity contribution in [3.8, 4) is 11.8 Å². The van der Waals surface area contributed by atoms with E-state index in [9.17, 15) is 14.4 Å². The number of thiazole rings is 1. The van der Waals surface area contributed by atoms with Crippen molar-refractivity contribution in [1.29, 1.82) is 0 Å². The molecule has 6 nitrogen and oxygen atoms in total. The van der Waals surface area contributed by atoms with Crippen molar-refractivity contribution in [2.75, 3.05) is 7.11 Å². The fraction of sp³-hybridized carbons (Fsp3) is 0.261. The molecule has 0 saturated heterocycles. The first-order valence-corrected chi connectivity index (χ1v) is 10.4. The number of carbonyl (C=O) groups excluding carboxylic acids is 1. The maximum atomic E-state index is 12.9. The molecule has 1 aromatic carbocycles. The maximum Gasteiger partial charge on any atom is 0.357 e. The minimum absolute atomic E-state index is 0.0504. The Morgan fingerprint density at radius 2 is 1.97 bits per heavy atom. The van der Waals surface area contributed by atoms with Crippen molar-refractivity contribution in [1.82, 2.24) is 4.40 Å². The zero-order chi connectivity index (χ0) is 21.3. The molecule has 3 aromatic rings. The number of fused-ring (bicyclic) bond motifs is 1. The minimum atomic E-state index is -0.909. The van der Waals surface area contributed by atoms with Gasteiger partial charge in [0.25, 0.3) is 5.56 Å². The number of carboxylic acids is 1. The lowest BCUT2D eigenvalue weighted by atomic mass is 10.0. The molecule has 152 valence electrons. The number of hydrogen-bond donors (Lipinski definition) is 1. The van der Waals surface area contributed by atoms with E-state index in [-0.39, 0.29) is 30.0 Å². The molecule has 1 saturated carbocycles. The van der Waals surface area contributed by atoms with E-state index in [0.29, 0.717) is 9.71 Å². The van der Waals surface area contributed by atoms with Crippen LogP contribution in [-0.2, 0) is 16.0 Å². The molecule has 7 heteroatoms. The van der Waals surface area contributed by atoms with Gasteiger partial charge in [-0.3, -0.25) is 14.0 Å². The molecule has 0 atom stereocenters. The normalized spacial score (nSPS) is 13.0. The van der Waals surface area contributed by atoms with E-state index in [1.807, 2.05) is 30.3 Å². The molecule has 0 aliphatic heterocycles. The van der Waals surface area contributed by atoms with Crippen LogP contribution < -0.4 is 5.56 Å². The van der Waals surface area contributed by atoms with E-state index in [4.69, 9.17) is 9.84 Å². The van der Waals surface area contributed by atoms with Crippen LogP contribution in [0.2, 0.25) is 0 Å². The van der Waals surface area contributed by atoms with Gasteiger partial charge in [0.2, 0.25) is 0 Å². The lowest BCUT2D eigenvalue weighted by molar-refractivity contribution is -0.136. The van der Waals surface area contributed by atoms with Gasteiger partial charge in [0, 0.05) is 18.1 Å². The summed E-state index contributed by atoms with van der Waals surface area (Å²) >= 11 is 1.29. The van der Waals surface area contributed by atoms with Crippen molar-refractivity contribution in [3.05, 3.63) is 74.0 Å². The molecule has 0 spiro atoms. The lowest BCUT2D eigenvalue weighted by Crippen LogP contribution is -2.20. The Morgan fingerprint density at radius 3 is 2.60 bits per heavy atom. The summed E-state index contributed by atoms with van der Waals surface area (Å²) in [6, 6.07) is 10.8. The number of ether oxygens (including phenoxy) is 1. The van der Waals surface area contributed by atoms with Gasteiger partial charge >= 0.3 is 11.9 Å². The average molecular weight is 421 g/mol. The fourth-order valence-electron chi connectivity index (χ4n) is 3.48. The van der Waals surface area contributed by atoms with E-state index in [1.54, 1.807) is 0 Å². The molecule has 1 N–H and O–H groups in total. The highest BCUT2D eigenvalue weighted by Crippen LogP contribution is 2.45. The molecule has 30 heavy (non-hydrogen) atoms. The van der Waals surface area contributed by atoms with Crippen LogP contribution >= 0.6 is 11.3 Å². The first-order chi connectivity index (χ1) is 14.5. The number of pyridine rings is 1. The van der Waals surface area contributed by atoms with Gasteiger partial charge in [-0.25, -0.2) is 4.79 Å². The third-order valence-electron chi connectivity index (χ3n) is 5.00. The van der Waals surface area contributed by atoms with E-state index >= 15 is 0 Å². The highest BCUT2D eigenvalue weighted by molar-refractivity contribution is 7.18. The molecule has 4 rings (SSSR count). The monoisotopic (exact) mass is 421 g/mol. The van der Waals surface area contributed by atoms with Crippen molar-refractivity contribution < 1.29 is 19.4 Å². The molecule has 0 amide bonds. The van der Waals surface area contributed by atoms with Gasteiger partial charge < -0.3 is 9.84 Å². The Morgan fingerprint density at radius 1 is 1.23 bits per heavy atom. The van der Waals surface area contributed by atoms with E-state index < -0.39 is 11.9 Å². The van der Waals surface area contributed by atoms with Crippen LogP contribution in [0, 0.1) is 11.8 Å². The average Bonchev–Trinajstić information content (AvgIpc) is 3.50. The summed E-state index contributed by atoms with van der Waals surface area (Å²) in [5, 5.41) is 9.07. The molecular weight excluding hydrogens is 402 g/mol. The Labute approximate surface area is 176 Å². The maximum absolute atomic E-state index is 12.9. The van der Waals surface area contributed by atoms with Crippen molar-refractivity contribution in [3.63, 3.8) is 0 Å². The number of carbonyl (C=O) groups is 2. The van der Waals surface area contributed by atoms with Crippen molar-refractivity contribution in [2.45, 2.75) is 31.6 Å². The Hall–Kier alpha value is -3.37. The first-order valence-electron chi connectivity index (χ1n) is 9.58. The van der Waals surface area contributed by atoms with E-state index in [1.165, 1.54) is 28.9 Å². The molecule has 0 radical (unpaired) electrons. The van der Waals surface area contributed by atoms with Crippen LogP contribution in [0.3, 0.4) is 0 Å². The van der Waals surface area contributed by atoms with Crippen LogP contribution in [0.1, 0.15) is 57.2 Å². The number of methoxy groups -OCH3 is 1. The largest absolute Gasteiger partial charge is 0.481 e. The number of nitrogens with zero attached hydrogens (tertiary/aromatic N) is 1. The van der Waals surface area contributed by atoms with Gasteiger partial charge in [-0.1, -0.05) is 24.1 Å². The van der Waals surface area contributed by atoms with Gasteiger partial charge in [-0.15, -0.1) is 11.3 Å². The van der Waals surface area contributed by atoms with E-state index in [0.717, 1.165) is 29.5 Å². The van der Waals surface area contributed by atoms with Gasteiger partial charge in [0.1, 0.15) is 9.71 Å². The number of hydrogen-bond acceptors (Lipinski definition) is 5. The molecule has 1 aliphatic rings. The molecule has 2 heterocycles. The van der Waals surface area contributed by atoms with Crippen LogP contribution in [-0.4, -0.2) is 28.6 Å². The molecule has 2 aromatic heterocycles. The standard InChI is InChI=1S/C23H19NO5S/c1-29-23(28)21-17(11-7-14-5-3-2-4-6-14)30-22-20(15-8-9-15)16(10-12-19(26)27)13-18(25)24(21)22/h2-6,13,15H,8-10,12H2,1H3,(H,26,27). The molecule has 1 aliphatic carbocycles. The first kappa shape index (κ1) is 19.9. The Kier molecular flexibility index (Phi) is 5.42. The molecule has 1 fully saturated rings. The lowest BCUT2D eigenvalue weighted by Gasteiger charge is -2.10. The quantitative estimate of drug-likeness (QED) is 0.504. The number of esters is 1. The van der Waals surface area contributed by atoms with Crippen molar-refractivity contribution in [2.24, 2.45) is 0 Å². The predicted molar refractivity (Wildman–Crippen MR) is 113 cm³/mol. The summed E-state index contributed by atoms with van der Waals surface area (Å²) in [7, 11) is 1.27. The molecule has 0 bridgehead atoms. The Bertz CT molecular complexity index is 1260. The molecular formula is C23H19NO5S. The predicted octanol–water partition coefficient (Wildman–Crippen LogP) is 3.44. The number of aromatic nitrogens is 1. The highest BCUT2D eigenvalue weighted by Gasteiger charge is 2.32. The number of aliphatic carboxylic acids is 1. The number of benzene rings is 1. The minimum Gasteiger partial charge on any atom is -0.481 e. The SMILES string of the molecule is COC(=O)c1c(C#Cc2ccccc2)sc2c(C3CC3)c(CCC(=O)O)cc(=O)n12. The summed E-state index contributed by atoms with van der Waals surface area (Å²) in [5.41, 5.74) is 2.24. The second-order valence-electron chi connectivity index (χ2n) is 7.12. The van der Waals surface area contributed by atoms with Crippen LogP contribution in [0.25, 0.3) is 4.83 Å². The Balaban J connectivity index is 1.94. The second-order valence-corrected chi connectivity index (χ2v) is 8.12. The van der Waals surface area contributed by atoms with Crippen LogP contribution in [0.15, 0.2) is 41.2 Å². The van der Waals surface area contributed by atoms with Crippen LogP contribution in [0.5, 0.6) is 0 Å².